The number of guanidine groups is 1. The number of morpholine rings is 1. The molecule has 0 spiro atoms. The molecular weight excluding hydrogens is 391 g/mol. The molecule has 1 aliphatic heterocycles. The van der Waals surface area contributed by atoms with E-state index in [0.29, 0.717) is 12.1 Å². The molecule has 0 aromatic rings. The summed E-state index contributed by atoms with van der Waals surface area (Å²) in [6.45, 7) is 13.6. The van der Waals surface area contributed by atoms with E-state index >= 15 is 0 Å². The van der Waals surface area contributed by atoms with E-state index < -0.39 is 0 Å². The number of nitrogens with zero attached hydrogens (tertiary/aromatic N) is 2. The Balaban J connectivity index is 0.00000441. The van der Waals surface area contributed by atoms with Crippen molar-refractivity contribution in [2.75, 3.05) is 39.9 Å². The second kappa shape index (κ2) is 12.4. The van der Waals surface area contributed by atoms with Crippen molar-refractivity contribution in [3.8, 4) is 0 Å². The summed E-state index contributed by atoms with van der Waals surface area (Å²) in [6, 6.07) is 0.981. The molecule has 22 heavy (non-hydrogen) atoms. The Morgan fingerprint density at radius 2 is 2.05 bits per heavy atom. The Labute approximate surface area is 153 Å². The van der Waals surface area contributed by atoms with Gasteiger partial charge in [0, 0.05) is 38.8 Å². The molecule has 0 aromatic heterocycles. The maximum absolute atomic E-state index is 5.50. The first-order valence-corrected chi connectivity index (χ1v) is 8.32. The fraction of sp³-hybridized carbons (Fsp3) is 0.938. The van der Waals surface area contributed by atoms with Crippen molar-refractivity contribution in [3.63, 3.8) is 0 Å². The Kier molecular flexibility index (Phi) is 12.3. The first kappa shape index (κ1) is 21.9. The lowest BCUT2D eigenvalue weighted by Gasteiger charge is -2.38. The minimum atomic E-state index is 0. The Bertz CT molecular complexity index is 313. The van der Waals surface area contributed by atoms with Gasteiger partial charge in [-0.05, 0) is 32.6 Å². The van der Waals surface area contributed by atoms with Crippen LogP contribution in [0.25, 0.3) is 0 Å². The SMILES string of the molecule is CN=C(NCCCC(C)C)NCC(C)N1CCOCC1C.I. The van der Waals surface area contributed by atoms with Crippen LogP contribution in [0, 0.1) is 5.92 Å². The van der Waals surface area contributed by atoms with Crippen molar-refractivity contribution in [1.29, 1.82) is 0 Å². The zero-order valence-corrected chi connectivity index (χ0v) is 17.2. The summed E-state index contributed by atoms with van der Waals surface area (Å²) in [6.07, 6.45) is 2.44. The number of hydrogen-bond acceptors (Lipinski definition) is 3. The lowest BCUT2D eigenvalue weighted by atomic mass is 10.1. The van der Waals surface area contributed by atoms with Crippen LogP contribution in [0.4, 0.5) is 0 Å². The van der Waals surface area contributed by atoms with E-state index in [0.717, 1.165) is 44.7 Å². The highest BCUT2D eigenvalue weighted by molar-refractivity contribution is 14.0. The average Bonchev–Trinajstić information content (AvgIpc) is 2.46. The Morgan fingerprint density at radius 3 is 2.64 bits per heavy atom. The third-order valence-corrected chi connectivity index (χ3v) is 4.02. The molecule has 1 aliphatic rings. The van der Waals surface area contributed by atoms with Gasteiger partial charge in [0.2, 0.25) is 0 Å². The number of halogens is 1. The van der Waals surface area contributed by atoms with Crippen LogP contribution in [-0.4, -0.2) is 62.8 Å². The van der Waals surface area contributed by atoms with E-state index in [-0.39, 0.29) is 24.0 Å². The van der Waals surface area contributed by atoms with Gasteiger partial charge in [0.05, 0.1) is 13.2 Å². The van der Waals surface area contributed by atoms with Gasteiger partial charge < -0.3 is 15.4 Å². The van der Waals surface area contributed by atoms with Gasteiger partial charge in [-0.2, -0.15) is 0 Å². The summed E-state index contributed by atoms with van der Waals surface area (Å²) in [7, 11) is 1.83. The van der Waals surface area contributed by atoms with E-state index in [1.807, 2.05) is 7.05 Å². The summed E-state index contributed by atoms with van der Waals surface area (Å²) >= 11 is 0. The van der Waals surface area contributed by atoms with Crippen LogP contribution in [0.15, 0.2) is 4.99 Å². The predicted octanol–water partition coefficient (Wildman–Crippen LogP) is 2.31. The molecule has 0 aromatic carbocycles. The molecule has 1 rings (SSSR count). The lowest BCUT2D eigenvalue weighted by molar-refractivity contribution is -0.0174. The average molecular weight is 426 g/mol. The van der Waals surface area contributed by atoms with Crippen LogP contribution in [0.2, 0.25) is 0 Å². The van der Waals surface area contributed by atoms with Crippen molar-refractivity contribution in [3.05, 3.63) is 0 Å². The van der Waals surface area contributed by atoms with Crippen molar-refractivity contribution in [2.45, 2.75) is 52.6 Å². The van der Waals surface area contributed by atoms with E-state index in [9.17, 15) is 0 Å². The van der Waals surface area contributed by atoms with Crippen LogP contribution >= 0.6 is 24.0 Å². The molecule has 0 amide bonds. The molecule has 1 saturated heterocycles. The minimum Gasteiger partial charge on any atom is -0.379 e. The molecular formula is C16H35IN4O. The first-order valence-electron chi connectivity index (χ1n) is 8.32. The van der Waals surface area contributed by atoms with Crippen LogP contribution in [-0.2, 0) is 4.74 Å². The zero-order valence-electron chi connectivity index (χ0n) is 14.9. The quantitative estimate of drug-likeness (QED) is 0.284. The second-order valence-corrected chi connectivity index (χ2v) is 6.43. The van der Waals surface area contributed by atoms with Gasteiger partial charge in [-0.25, -0.2) is 0 Å². The summed E-state index contributed by atoms with van der Waals surface area (Å²) in [4.78, 5) is 6.79. The van der Waals surface area contributed by atoms with Crippen molar-refractivity contribution < 1.29 is 4.74 Å². The standard InChI is InChI=1S/C16H34N4O.HI/c1-13(2)7-6-8-18-16(17-5)19-11-14(3)20-9-10-21-12-15(20)4;/h13-15H,6-12H2,1-5H3,(H2,17,18,19);1H. The van der Waals surface area contributed by atoms with Gasteiger partial charge in [0.1, 0.15) is 0 Å². The fourth-order valence-electron chi connectivity index (χ4n) is 2.69. The molecule has 0 aliphatic carbocycles. The van der Waals surface area contributed by atoms with Crippen molar-refractivity contribution >= 4 is 29.9 Å². The highest BCUT2D eigenvalue weighted by atomic mass is 127. The van der Waals surface area contributed by atoms with Gasteiger partial charge in [0.25, 0.3) is 0 Å². The van der Waals surface area contributed by atoms with Crippen LogP contribution in [0.3, 0.4) is 0 Å². The van der Waals surface area contributed by atoms with Gasteiger partial charge >= 0.3 is 0 Å². The summed E-state index contributed by atoms with van der Waals surface area (Å²) in [5, 5.41) is 6.82. The Hall–Kier alpha value is -0.0800. The van der Waals surface area contributed by atoms with Gasteiger partial charge in [-0.15, -0.1) is 24.0 Å². The van der Waals surface area contributed by atoms with E-state index in [1.54, 1.807) is 0 Å². The van der Waals surface area contributed by atoms with Gasteiger partial charge in [-0.3, -0.25) is 9.89 Å². The summed E-state index contributed by atoms with van der Waals surface area (Å²) in [5.74, 6) is 1.68. The topological polar surface area (TPSA) is 48.9 Å². The maximum atomic E-state index is 5.50. The lowest BCUT2D eigenvalue weighted by Crippen LogP contribution is -2.53. The molecule has 132 valence electrons. The maximum Gasteiger partial charge on any atom is 0.191 e. The highest BCUT2D eigenvalue weighted by Gasteiger charge is 2.23. The molecule has 6 heteroatoms. The van der Waals surface area contributed by atoms with Crippen LogP contribution < -0.4 is 10.6 Å². The number of rotatable bonds is 7. The second-order valence-electron chi connectivity index (χ2n) is 6.43. The molecule has 0 radical (unpaired) electrons. The molecule has 2 atom stereocenters. The van der Waals surface area contributed by atoms with Gasteiger partial charge in [0.15, 0.2) is 5.96 Å². The molecule has 5 nitrogen and oxygen atoms in total. The first-order chi connectivity index (χ1) is 10.0. The smallest absolute Gasteiger partial charge is 0.191 e. The summed E-state index contributed by atoms with van der Waals surface area (Å²) < 4.78 is 5.50. The molecule has 1 fully saturated rings. The van der Waals surface area contributed by atoms with Crippen molar-refractivity contribution in [1.82, 2.24) is 15.5 Å². The van der Waals surface area contributed by atoms with Crippen LogP contribution in [0.5, 0.6) is 0 Å². The molecule has 0 bridgehead atoms. The third kappa shape index (κ3) is 8.53. The minimum absolute atomic E-state index is 0. The predicted molar refractivity (Wildman–Crippen MR) is 105 cm³/mol. The van der Waals surface area contributed by atoms with E-state index in [4.69, 9.17) is 4.74 Å². The Morgan fingerprint density at radius 1 is 1.32 bits per heavy atom. The highest BCUT2D eigenvalue weighted by Crippen LogP contribution is 2.10. The molecule has 2 unspecified atom stereocenters. The van der Waals surface area contributed by atoms with E-state index in [2.05, 4.69) is 48.2 Å². The zero-order chi connectivity index (χ0) is 15.7. The molecule has 1 heterocycles. The van der Waals surface area contributed by atoms with Gasteiger partial charge in [-0.1, -0.05) is 13.8 Å². The van der Waals surface area contributed by atoms with Crippen LogP contribution in [0.1, 0.15) is 40.5 Å². The molecule has 0 saturated carbocycles. The number of nitrogens with one attached hydrogen (secondary N) is 2. The monoisotopic (exact) mass is 426 g/mol. The largest absolute Gasteiger partial charge is 0.379 e. The number of ether oxygens (including phenoxy) is 1. The summed E-state index contributed by atoms with van der Waals surface area (Å²) in [5.41, 5.74) is 0. The fourth-order valence-corrected chi connectivity index (χ4v) is 2.69. The van der Waals surface area contributed by atoms with Crippen molar-refractivity contribution in [2.24, 2.45) is 10.9 Å². The number of hydrogen-bond donors (Lipinski definition) is 2. The number of aliphatic imine (C=N–C) groups is 1. The molecule has 2 N–H and O–H groups in total. The normalized spacial score (nSPS) is 21.4. The van der Waals surface area contributed by atoms with E-state index in [1.165, 1.54) is 12.8 Å². The third-order valence-electron chi connectivity index (χ3n) is 4.02.